The maximum Gasteiger partial charge on any atom is 0.236 e. The lowest BCUT2D eigenvalue weighted by Gasteiger charge is -2.10. The number of furan rings is 1. The standard InChI is InChI=1S/C40H21N3OS2/c1-5-16-29-26(12-1)34-30(21-20-25-23-11-4-8-19-33(23)46-39(25)34)43(29)40-41-35-27-13-2-6-17-31(27)44-37(35)36(42-40)28-15-9-14-24-22-10-3-7-18-32(22)45-38(24)28/h1-21H. The van der Waals surface area contributed by atoms with Gasteiger partial charge in [-0.15, -0.1) is 22.7 Å². The number of fused-ring (bicyclic) bond motifs is 13. The number of hydrogen-bond acceptors (Lipinski definition) is 5. The molecule has 0 aliphatic heterocycles. The third kappa shape index (κ3) is 3.22. The van der Waals surface area contributed by atoms with Crippen molar-refractivity contribution in [3.05, 3.63) is 127 Å². The van der Waals surface area contributed by atoms with Gasteiger partial charge in [-0.05, 0) is 36.4 Å². The second-order valence-electron chi connectivity index (χ2n) is 11.7. The molecular formula is C40H21N3OS2. The zero-order chi connectivity index (χ0) is 29.9. The van der Waals surface area contributed by atoms with Gasteiger partial charge >= 0.3 is 0 Å². The van der Waals surface area contributed by atoms with Crippen LogP contribution in [0.15, 0.2) is 132 Å². The monoisotopic (exact) mass is 623 g/mol. The van der Waals surface area contributed by atoms with Crippen LogP contribution < -0.4 is 0 Å². The lowest BCUT2D eigenvalue weighted by atomic mass is 10.1. The van der Waals surface area contributed by atoms with Crippen LogP contribution in [0.1, 0.15) is 0 Å². The first-order chi connectivity index (χ1) is 22.8. The quantitative estimate of drug-likeness (QED) is 0.192. The predicted octanol–water partition coefficient (Wildman–Crippen LogP) is 11.9. The van der Waals surface area contributed by atoms with Crippen LogP contribution in [-0.2, 0) is 0 Å². The van der Waals surface area contributed by atoms with Crippen molar-refractivity contribution >= 4 is 107 Å². The molecule has 0 aliphatic carbocycles. The lowest BCUT2D eigenvalue weighted by molar-refractivity contribution is 0.666. The fraction of sp³-hybridized carbons (Fsp3) is 0. The Morgan fingerprint density at radius 1 is 0.500 bits per heavy atom. The molecule has 6 aromatic carbocycles. The fourth-order valence-corrected chi connectivity index (χ4v) is 9.72. The van der Waals surface area contributed by atoms with E-state index in [9.17, 15) is 0 Å². The van der Waals surface area contributed by atoms with Gasteiger partial charge in [-0.3, -0.25) is 4.57 Å². The van der Waals surface area contributed by atoms with Crippen molar-refractivity contribution < 1.29 is 4.42 Å². The summed E-state index contributed by atoms with van der Waals surface area (Å²) in [6, 6.07) is 45.1. The molecule has 0 aliphatic rings. The summed E-state index contributed by atoms with van der Waals surface area (Å²) in [5.41, 5.74) is 6.38. The van der Waals surface area contributed by atoms with Crippen LogP contribution in [0.5, 0.6) is 0 Å². The predicted molar refractivity (Wildman–Crippen MR) is 195 cm³/mol. The second kappa shape index (κ2) is 9.01. The summed E-state index contributed by atoms with van der Waals surface area (Å²) in [6.07, 6.45) is 0. The molecule has 0 fully saturated rings. The summed E-state index contributed by atoms with van der Waals surface area (Å²) in [7, 11) is 0. The number of aromatic nitrogens is 3. The smallest absolute Gasteiger partial charge is 0.236 e. The van der Waals surface area contributed by atoms with E-state index >= 15 is 0 Å². The summed E-state index contributed by atoms with van der Waals surface area (Å²) in [5, 5.41) is 8.49. The van der Waals surface area contributed by atoms with Crippen molar-refractivity contribution in [1.29, 1.82) is 0 Å². The number of thiophene rings is 2. The average Bonchev–Trinajstić information content (AvgIpc) is 3.86. The molecule has 5 aromatic heterocycles. The van der Waals surface area contributed by atoms with Crippen molar-refractivity contribution in [3.63, 3.8) is 0 Å². The first-order valence-electron chi connectivity index (χ1n) is 15.3. The molecule has 0 saturated heterocycles. The third-order valence-electron chi connectivity index (χ3n) is 9.25. The van der Waals surface area contributed by atoms with Gasteiger partial charge in [-0.1, -0.05) is 91.0 Å². The molecule has 0 atom stereocenters. The summed E-state index contributed by atoms with van der Waals surface area (Å²) >= 11 is 3.66. The molecule has 11 aromatic rings. The van der Waals surface area contributed by atoms with Crippen LogP contribution in [0.4, 0.5) is 0 Å². The summed E-state index contributed by atoms with van der Waals surface area (Å²) in [5.74, 6) is 0.638. The largest absolute Gasteiger partial charge is 0.452 e. The van der Waals surface area contributed by atoms with E-state index in [1.165, 1.54) is 51.1 Å². The van der Waals surface area contributed by atoms with Crippen LogP contribution in [0.2, 0.25) is 0 Å². The van der Waals surface area contributed by atoms with Crippen LogP contribution in [-0.4, -0.2) is 14.5 Å². The molecule has 4 nitrogen and oxygen atoms in total. The van der Waals surface area contributed by atoms with Crippen LogP contribution >= 0.6 is 22.7 Å². The van der Waals surface area contributed by atoms with Crippen LogP contribution in [0.3, 0.4) is 0 Å². The average molecular weight is 624 g/mol. The Morgan fingerprint density at radius 2 is 1.15 bits per heavy atom. The zero-order valence-corrected chi connectivity index (χ0v) is 25.8. The van der Waals surface area contributed by atoms with Crippen molar-refractivity contribution in [2.45, 2.75) is 0 Å². The van der Waals surface area contributed by atoms with Gasteiger partial charge in [0.15, 0.2) is 5.58 Å². The molecule has 0 radical (unpaired) electrons. The van der Waals surface area contributed by atoms with Crippen LogP contribution in [0.25, 0.3) is 101 Å². The van der Waals surface area contributed by atoms with Gasteiger partial charge in [0, 0.05) is 62.1 Å². The highest BCUT2D eigenvalue weighted by Gasteiger charge is 2.24. The van der Waals surface area contributed by atoms with Crippen LogP contribution in [0, 0.1) is 0 Å². The van der Waals surface area contributed by atoms with E-state index in [2.05, 4.69) is 114 Å². The molecule has 0 unspecified atom stereocenters. The Labute approximate surface area is 269 Å². The van der Waals surface area contributed by atoms with E-state index in [1.807, 2.05) is 29.5 Å². The highest BCUT2D eigenvalue weighted by atomic mass is 32.1. The van der Waals surface area contributed by atoms with Gasteiger partial charge in [0.2, 0.25) is 5.95 Å². The highest BCUT2D eigenvalue weighted by molar-refractivity contribution is 7.27. The molecule has 0 bridgehead atoms. The molecule has 46 heavy (non-hydrogen) atoms. The highest BCUT2D eigenvalue weighted by Crippen LogP contribution is 2.45. The second-order valence-corrected chi connectivity index (χ2v) is 13.8. The molecule has 11 rings (SSSR count). The Hall–Kier alpha value is -5.56. The summed E-state index contributed by atoms with van der Waals surface area (Å²) in [6.45, 7) is 0. The molecule has 0 spiro atoms. The van der Waals surface area contributed by atoms with Gasteiger partial charge in [0.05, 0.1) is 11.0 Å². The topological polar surface area (TPSA) is 43.9 Å². The maximum absolute atomic E-state index is 6.57. The normalized spacial score (nSPS) is 12.3. The number of para-hydroxylation sites is 2. The summed E-state index contributed by atoms with van der Waals surface area (Å²) in [4.78, 5) is 10.7. The zero-order valence-electron chi connectivity index (χ0n) is 24.2. The van der Waals surface area contributed by atoms with Gasteiger partial charge in [0.1, 0.15) is 16.8 Å². The molecule has 0 N–H and O–H groups in total. The number of rotatable bonds is 2. The molecule has 6 heteroatoms. The Morgan fingerprint density at radius 3 is 1.98 bits per heavy atom. The molecule has 214 valence electrons. The SMILES string of the molecule is c1ccc2c(c1)oc1c(-c3cccc4c3sc3ccccc34)nc(-n3c4ccccc4c4c5sc6ccccc6c5ccc43)nc12. The minimum absolute atomic E-state index is 0.638. The van der Waals surface area contributed by atoms with Crippen molar-refractivity contribution in [2.75, 3.05) is 0 Å². The van der Waals surface area contributed by atoms with Crippen molar-refractivity contribution in [3.8, 4) is 17.2 Å². The van der Waals surface area contributed by atoms with Crippen molar-refractivity contribution in [2.24, 2.45) is 0 Å². The van der Waals surface area contributed by atoms with E-state index < -0.39 is 0 Å². The molecule has 0 saturated carbocycles. The number of nitrogens with zero attached hydrogens (tertiary/aromatic N) is 3. The van der Waals surface area contributed by atoms with E-state index in [0.717, 1.165) is 38.8 Å². The van der Waals surface area contributed by atoms with Gasteiger partial charge < -0.3 is 4.42 Å². The Kier molecular flexibility index (Phi) is 4.84. The maximum atomic E-state index is 6.57. The van der Waals surface area contributed by atoms with E-state index in [-0.39, 0.29) is 0 Å². The summed E-state index contributed by atoms with van der Waals surface area (Å²) < 4.78 is 13.9. The minimum Gasteiger partial charge on any atom is -0.452 e. The molecule has 5 heterocycles. The van der Waals surface area contributed by atoms with E-state index in [1.54, 1.807) is 11.3 Å². The fourth-order valence-electron chi connectivity index (χ4n) is 7.25. The van der Waals surface area contributed by atoms with E-state index in [4.69, 9.17) is 14.4 Å². The number of benzene rings is 6. The van der Waals surface area contributed by atoms with E-state index in [0.29, 0.717) is 11.5 Å². The van der Waals surface area contributed by atoms with Gasteiger partial charge in [-0.25, -0.2) is 9.97 Å². The Bertz CT molecular complexity index is 3050. The first-order valence-corrected chi connectivity index (χ1v) is 16.9. The lowest BCUT2D eigenvalue weighted by Crippen LogP contribution is -2.02. The van der Waals surface area contributed by atoms with Gasteiger partial charge in [-0.2, -0.15) is 0 Å². The van der Waals surface area contributed by atoms with Gasteiger partial charge in [0.25, 0.3) is 0 Å². The first kappa shape index (κ1) is 24.7. The molecular weight excluding hydrogens is 603 g/mol. The number of hydrogen-bond donors (Lipinski definition) is 0. The Balaban J connectivity index is 1.30. The van der Waals surface area contributed by atoms with Crippen molar-refractivity contribution in [1.82, 2.24) is 14.5 Å². The third-order valence-corrected chi connectivity index (χ3v) is 11.7. The molecule has 0 amide bonds. The minimum atomic E-state index is 0.638.